The van der Waals surface area contributed by atoms with Crippen LogP contribution in [0.1, 0.15) is 15.9 Å². The lowest BCUT2D eigenvalue weighted by atomic mass is 10.1. The molecule has 2 aromatic carbocycles. The van der Waals surface area contributed by atoms with Gasteiger partial charge in [-0.25, -0.2) is 0 Å². The molecule has 0 atom stereocenters. The van der Waals surface area contributed by atoms with Crippen molar-refractivity contribution in [2.24, 2.45) is 5.73 Å². The van der Waals surface area contributed by atoms with Gasteiger partial charge in [0.15, 0.2) is 12.4 Å². The second kappa shape index (κ2) is 7.05. The quantitative estimate of drug-likeness (QED) is 0.653. The van der Waals surface area contributed by atoms with E-state index >= 15 is 0 Å². The lowest BCUT2D eigenvalue weighted by molar-refractivity contribution is -0.119. The number of hydrogen-bond donors (Lipinski definition) is 1. The molecule has 0 aliphatic rings. The number of ketones is 1. The van der Waals surface area contributed by atoms with E-state index in [1.165, 1.54) is 6.08 Å². The van der Waals surface area contributed by atoms with Gasteiger partial charge in [0.1, 0.15) is 5.75 Å². The summed E-state index contributed by atoms with van der Waals surface area (Å²) >= 11 is 0. The number of benzene rings is 2. The molecule has 2 N–H and O–H groups in total. The van der Waals surface area contributed by atoms with Crippen molar-refractivity contribution in [3.63, 3.8) is 0 Å². The Morgan fingerprint density at radius 3 is 2.29 bits per heavy atom. The summed E-state index contributed by atoms with van der Waals surface area (Å²) in [5.41, 5.74) is 6.51. The largest absolute Gasteiger partial charge is 0.484 e. The van der Waals surface area contributed by atoms with Crippen molar-refractivity contribution in [3.8, 4) is 5.75 Å². The van der Waals surface area contributed by atoms with E-state index in [0.717, 1.165) is 5.56 Å². The van der Waals surface area contributed by atoms with Gasteiger partial charge in [0, 0.05) is 5.56 Å². The van der Waals surface area contributed by atoms with Crippen molar-refractivity contribution in [2.45, 2.75) is 0 Å². The fourth-order valence-electron chi connectivity index (χ4n) is 1.70. The molecule has 0 spiro atoms. The minimum atomic E-state index is -0.521. The highest BCUT2D eigenvalue weighted by molar-refractivity contribution is 6.06. The molecular formula is C17H15NO3. The average Bonchev–Trinajstić information content (AvgIpc) is 2.52. The summed E-state index contributed by atoms with van der Waals surface area (Å²) < 4.78 is 5.15. The first-order chi connectivity index (χ1) is 10.1. The zero-order chi connectivity index (χ0) is 15.1. The van der Waals surface area contributed by atoms with Gasteiger partial charge in [0.05, 0.1) is 0 Å². The second-order valence-corrected chi connectivity index (χ2v) is 4.39. The predicted molar refractivity (Wildman–Crippen MR) is 80.9 cm³/mol. The summed E-state index contributed by atoms with van der Waals surface area (Å²) in [4.78, 5) is 22.5. The molecule has 0 aliphatic carbocycles. The van der Waals surface area contributed by atoms with Crippen LogP contribution in [0, 0.1) is 0 Å². The summed E-state index contributed by atoms with van der Waals surface area (Å²) in [6.07, 6.45) is 3.25. The summed E-state index contributed by atoms with van der Waals surface area (Å²) in [5.74, 6) is -0.0163. The summed E-state index contributed by atoms with van der Waals surface area (Å²) in [5, 5.41) is 0. The molecule has 0 heterocycles. The van der Waals surface area contributed by atoms with Crippen molar-refractivity contribution in [3.05, 3.63) is 71.8 Å². The molecule has 4 nitrogen and oxygen atoms in total. The summed E-state index contributed by atoms with van der Waals surface area (Å²) in [6, 6.07) is 16.1. The second-order valence-electron chi connectivity index (χ2n) is 4.39. The Labute approximate surface area is 122 Å². The van der Waals surface area contributed by atoms with Crippen LogP contribution in [0.5, 0.6) is 5.75 Å². The number of ether oxygens (including phenoxy) is 1. The van der Waals surface area contributed by atoms with Gasteiger partial charge in [-0.1, -0.05) is 48.5 Å². The van der Waals surface area contributed by atoms with Gasteiger partial charge in [0.25, 0.3) is 5.91 Å². The smallest absolute Gasteiger partial charge is 0.255 e. The van der Waals surface area contributed by atoms with Crippen LogP contribution in [0.15, 0.2) is 60.7 Å². The van der Waals surface area contributed by atoms with Crippen molar-refractivity contribution in [1.82, 2.24) is 0 Å². The molecule has 4 heteroatoms. The molecule has 0 aromatic heterocycles. The molecule has 106 valence electrons. The number of allylic oxidation sites excluding steroid dienone is 1. The van der Waals surface area contributed by atoms with E-state index in [9.17, 15) is 9.59 Å². The summed E-state index contributed by atoms with van der Waals surface area (Å²) in [7, 11) is 0. The van der Waals surface area contributed by atoms with Crippen molar-refractivity contribution in [2.75, 3.05) is 6.61 Å². The van der Waals surface area contributed by atoms with Crippen molar-refractivity contribution < 1.29 is 14.3 Å². The van der Waals surface area contributed by atoms with Gasteiger partial charge in [-0.15, -0.1) is 0 Å². The van der Waals surface area contributed by atoms with E-state index in [0.29, 0.717) is 11.3 Å². The van der Waals surface area contributed by atoms with E-state index < -0.39 is 5.91 Å². The van der Waals surface area contributed by atoms with E-state index in [1.54, 1.807) is 42.5 Å². The zero-order valence-electron chi connectivity index (χ0n) is 11.4. The Bertz CT molecular complexity index is 645. The minimum absolute atomic E-state index is 0.0512. The van der Waals surface area contributed by atoms with E-state index in [-0.39, 0.29) is 12.4 Å². The lowest BCUT2D eigenvalue weighted by Gasteiger charge is -2.03. The number of primary amides is 1. The lowest BCUT2D eigenvalue weighted by Crippen LogP contribution is -2.19. The molecule has 0 bridgehead atoms. The Kier molecular flexibility index (Phi) is 4.88. The van der Waals surface area contributed by atoms with E-state index in [2.05, 4.69) is 0 Å². The highest BCUT2D eigenvalue weighted by Gasteiger charge is 2.00. The third kappa shape index (κ3) is 4.62. The Morgan fingerprint density at radius 2 is 1.67 bits per heavy atom. The molecule has 2 aromatic rings. The first-order valence-corrected chi connectivity index (χ1v) is 6.44. The normalized spacial score (nSPS) is 10.5. The van der Waals surface area contributed by atoms with Crippen LogP contribution in [0.2, 0.25) is 0 Å². The molecule has 0 saturated heterocycles. The molecule has 21 heavy (non-hydrogen) atoms. The average molecular weight is 281 g/mol. The van der Waals surface area contributed by atoms with Crippen LogP contribution in [0.3, 0.4) is 0 Å². The van der Waals surface area contributed by atoms with Crippen LogP contribution < -0.4 is 10.5 Å². The van der Waals surface area contributed by atoms with Gasteiger partial charge in [-0.05, 0) is 23.8 Å². The van der Waals surface area contributed by atoms with E-state index in [1.807, 2.05) is 18.2 Å². The third-order valence-electron chi connectivity index (χ3n) is 2.75. The molecular weight excluding hydrogens is 266 g/mol. The third-order valence-corrected chi connectivity index (χ3v) is 2.75. The molecule has 0 saturated carbocycles. The van der Waals surface area contributed by atoms with Gasteiger partial charge in [-0.2, -0.15) is 0 Å². The molecule has 2 rings (SSSR count). The fraction of sp³-hybridized carbons (Fsp3) is 0.0588. The fourth-order valence-corrected chi connectivity index (χ4v) is 1.70. The first-order valence-electron chi connectivity index (χ1n) is 6.44. The van der Waals surface area contributed by atoms with Crippen molar-refractivity contribution in [1.29, 1.82) is 0 Å². The Morgan fingerprint density at radius 1 is 1.00 bits per heavy atom. The molecule has 0 radical (unpaired) electrons. The maximum absolute atomic E-state index is 11.9. The Balaban J connectivity index is 1.98. The number of nitrogens with two attached hydrogens (primary N) is 1. The highest BCUT2D eigenvalue weighted by atomic mass is 16.5. The number of amides is 1. The molecule has 0 fully saturated rings. The highest BCUT2D eigenvalue weighted by Crippen LogP contribution is 2.13. The standard InChI is InChI=1S/C17H15NO3/c18-17(20)12-21-15-9-6-13(7-10-15)8-11-16(19)14-4-2-1-3-5-14/h1-11H,12H2,(H2,18,20)/b11-8-. The van der Waals surface area contributed by atoms with E-state index in [4.69, 9.17) is 10.5 Å². The van der Waals surface area contributed by atoms with Gasteiger partial charge >= 0.3 is 0 Å². The maximum Gasteiger partial charge on any atom is 0.255 e. The Hall–Kier alpha value is -2.88. The molecule has 1 amide bonds. The SMILES string of the molecule is NC(=O)COc1ccc(/C=C\C(=O)c2ccccc2)cc1. The van der Waals surface area contributed by atoms with Crippen LogP contribution in [-0.2, 0) is 4.79 Å². The van der Waals surface area contributed by atoms with Gasteiger partial charge in [0.2, 0.25) is 0 Å². The number of carbonyl (C=O) groups is 2. The topological polar surface area (TPSA) is 69.4 Å². The van der Waals surface area contributed by atoms with Crippen LogP contribution >= 0.6 is 0 Å². The van der Waals surface area contributed by atoms with Crippen LogP contribution in [-0.4, -0.2) is 18.3 Å². The van der Waals surface area contributed by atoms with Gasteiger partial charge < -0.3 is 10.5 Å². The first kappa shape index (κ1) is 14.5. The zero-order valence-corrected chi connectivity index (χ0v) is 11.4. The monoisotopic (exact) mass is 281 g/mol. The maximum atomic E-state index is 11.9. The predicted octanol–water partition coefficient (Wildman–Crippen LogP) is 2.45. The van der Waals surface area contributed by atoms with Crippen LogP contribution in [0.4, 0.5) is 0 Å². The minimum Gasteiger partial charge on any atom is -0.484 e. The van der Waals surface area contributed by atoms with Gasteiger partial charge in [-0.3, -0.25) is 9.59 Å². The van der Waals surface area contributed by atoms with Crippen LogP contribution in [0.25, 0.3) is 6.08 Å². The molecule has 0 aliphatic heterocycles. The summed E-state index contributed by atoms with van der Waals surface area (Å²) in [6.45, 7) is -0.151. The van der Waals surface area contributed by atoms with Crippen molar-refractivity contribution >= 4 is 17.8 Å². The molecule has 0 unspecified atom stereocenters. The number of carbonyl (C=O) groups excluding carboxylic acids is 2. The number of rotatable bonds is 6. The number of hydrogen-bond acceptors (Lipinski definition) is 3.